The summed E-state index contributed by atoms with van der Waals surface area (Å²) in [5, 5.41) is 0. The van der Waals surface area contributed by atoms with Crippen LogP contribution in [0.2, 0.25) is 0 Å². The van der Waals surface area contributed by atoms with Crippen LogP contribution in [0, 0.1) is 11.6 Å². The fraction of sp³-hybridized carbons (Fsp3) is 0. The van der Waals surface area contributed by atoms with Gasteiger partial charge in [0.1, 0.15) is 5.76 Å². The molecule has 2 aromatic rings. The highest BCUT2D eigenvalue weighted by atomic mass is 79.9. The Kier molecular flexibility index (Phi) is 2.87. The van der Waals surface area contributed by atoms with Gasteiger partial charge in [-0.05, 0) is 12.1 Å². The predicted octanol–water partition coefficient (Wildman–Crippen LogP) is 3.35. The number of halogens is 3. The van der Waals surface area contributed by atoms with E-state index in [0.717, 1.165) is 10.5 Å². The van der Waals surface area contributed by atoms with Gasteiger partial charge in [-0.25, -0.2) is 9.18 Å². The number of rotatable bonds is 1. The summed E-state index contributed by atoms with van der Waals surface area (Å²) in [5.41, 5.74) is -0.808. The molecule has 16 heavy (non-hydrogen) atoms. The standard InChI is InChI=1S/C11H5BrF2O2/c12-7-3-1-6(2-4-7)9-5-8(13)10(14)11(15)16-9/h1-5H. The van der Waals surface area contributed by atoms with Crippen LogP contribution in [-0.2, 0) is 0 Å². The second-order valence-corrected chi connectivity index (χ2v) is 3.98. The molecule has 0 unspecified atom stereocenters. The fourth-order valence-corrected chi connectivity index (χ4v) is 1.47. The van der Waals surface area contributed by atoms with Crippen LogP contribution in [0.5, 0.6) is 0 Å². The molecule has 82 valence electrons. The summed E-state index contributed by atoms with van der Waals surface area (Å²) < 4.78 is 31.1. The Labute approximate surface area is 97.7 Å². The van der Waals surface area contributed by atoms with Crippen molar-refractivity contribution in [1.29, 1.82) is 0 Å². The van der Waals surface area contributed by atoms with Crippen molar-refractivity contribution in [3.8, 4) is 11.3 Å². The van der Waals surface area contributed by atoms with E-state index >= 15 is 0 Å². The van der Waals surface area contributed by atoms with Crippen molar-refractivity contribution in [3.05, 3.63) is 56.9 Å². The Bertz CT molecular complexity index is 576. The molecule has 5 heteroatoms. The summed E-state index contributed by atoms with van der Waals surface area (Å²) in [6.07, 6.45) is 0. The Morgan fingerprint density at radius 2 is 1.75 bits per heavy atom. The Morgan fingerprint density at radius 1 is 1.12 bits per heavy atom. The van der Waals surface area contributed by atoms with Gasteiger partial charge in [-0.3, -0.25) is 0 Å². The summed E-state index contributed by atoms with van der Waals surface area (Å²) >= 11 is 3.23. The molecule has 0 amide bonds. The van der Waals surface area contributed by atoms with E-state index in [1.165, 1.54) is 0 Å². The van der Waals surface area contributed by atoms with E-state index in [0.29, 0.717) is 5.56 Å². The van der Waals surface area contributed by atoms with E-state index < -0.39 is 17.3 Å². The molecule has 0 aliphatic heterocycles. The van der Waals surface area contributed by atoms with Crippen LogP contribution in [0.15, 0.2) is 44.0 Å². The number of hydrogen-bond donors (Lipinski definition) is 0. The molecular weight excluding hydrogens is 282 g/mol. The van der Waals surface area contributed by atoms with Gasteiger partial charge in [0.15, 0.2) is 5.82 Å². The van der Waals surface area contributed by atoms with Gasteiger partial charge in [-0.2, -0.15) is 4.39 Å². The maximum Gasteiger partial charge on any atom is 0.375 e. The van der Waals surface area contributed by atoms with E-state index in [9.17, 15) is 13.6 Å². The molecule has 0 N–H and O–H groups in total. The lowest BCUT2D eigenvalue weighted by Crippen LogP contribution is -2.07. The van der Waals surface area contributed by atoms with E-state index in [2.05, 4.69) is 20.3 Å². The first-order valence-corrected chi connectivity index (χ1v) is 5.12. The van der Waals surface area contributed by atoms with Crippen molar-refractivity contribution in [2.75, 3.05) is 0 Å². The average Bonchev–Trinajstić information content (AvgIpc) is 2.26. The van der Waals surface area contributed by atoms with Gasteiger partial charge < -0.3 is 4.42 Å². The topological polar surface area (TPSA) is 30.2 Å². The molecule has 0 bridgehead atoms. The van der Waals surface area contributed by atoms with E-state index in [1.807, 2.05) is 0 Å². The zero-order chi connectivity index (χ0) is 11.7. The molecule has 0 aliphatic carbocycles. The molecular formula is C11H5BrF2O2. The van der Waals surface area contributed by atoms with Crippen molar-refractivity contribution in [2.24, 2.45) is 0 Å². The smallest absolute Gasteiger partial charge is 0.375 e. The third-order valence-electron chi connectivity index (χ3n) is 1.98. The number of hydrogen-bond acceptors (Lipinski definition) is 2. The lowest BCUT2D eigenvalue weighted by Gasteiger charge is -2.00. The molecule has 2 nitrogen and oxygen atoms in total. The van der Waals surface area contributed by atoms with Crippen LogP contribution >= 0.6 is 15.9 Å². The third-order valence-corrected chi connectivity index (χ3v) is 2.51. The largest absolute Gasteiger partial charge is 0.420 e. The van der Waals surface area contributed by atoms with Gasteiger partial charge in [0, 0.05) is 16.1 Å². The monoisotopic (exact) mass is 286 g/mol. The minimum absolute atomic E-state index is 0.00333. The highest BCUT2D eigenvalue weighted by Gasteiger charge is 2.12. The first kappa shape index (κ1) is 11.0. The molecule has 0 atom stereocenters. The van der Waals surface area contributed by atoms with Gasteiger partial charge in [-0.1, -0.05) is 28.1 Å². The minimum Gasteiger partial charge on any atom is -0.420 e. The minimum atomic E-state index is -1.50. The third kappa shape index (κ3) is 2.04. The van der Waals surface area contributed by atoms with Crippen molar-refractivity contribution in [2.45, 2.75) is 0 Å². The second-order valence-electron chi connectivity index (χ2n) is 3.07. The van der Waals surface area contributed by atoms with E-state index in [1.54, 1.807) is 24.3 Å². The summed E-state index contributed by atoms with van der Waals surface area (Å²) in [6.45, 7) is 0. The summed E-state index contributed by atoms with van der Waals surface area (Å²) in [4.78, 5) is 10.9. The molecule has 0 fully saturated rings. The maximum atomic E-state index is 13.0. The maximum absolute atomic E-state index is 13.0. The summed E-state index contributed by atoms with van der Waals surface area (Å²) in [7, 11) is 0. The van der Waals surface area contributed by atoms with Crippen LogP contribution in [0.25, 0.3) is 11.3 Å². The van der Waals surface area contributed by atoms with Gasteiger partial charge in [0.2, 0.25) is 5.82 Å². The van der Waals surface area contributed by atoms with Crippen LogP contribution in [0.4, 0.5) is 8.78 Å². The van der Waals surface area contributed by atoms with E-state index in [-0.39, 0.29) is 5.76 Å². The van der Waals surface area contributed by atoms with Crippen molar-refractivity contribution in [1.82, 2.24) is 0 Å². The highest BCUT2D eigenvalue weighted by Crippen LogP contribution is 2.21. The van der Waals surface area contributed by atoms with Crippen LogP contribution < -0.4 is 5.63 Å². The molecule has 1 aromatic carbocycles. The zero-order valence-corrected chi connectivity index (χ0v) is 9.42. The predicted molar refractivity (Wildman–Crippen MR) is 58.0 cm³/mol. The van der Waals surface area contributed by atoms with Crippen LogP contribution in [0.3, 0.4) is 0 Å². The quantitative estimate of drug-likeness (QED) is 0.805. The molecule has 0 aliphatic rings. The molecule has 1 aromatic heterocycles. The van der Waals surface area contributed by atoms with Crippen molar-refractivity contribution in [3.63, 3.8) is 0 Å². The van der Waals surface area contributed by atoms with Gasteiger partial charge in [0.05, 0.1) is 0 Å². The molecule has 0 spiro atoms. The lowest BCUT2D eigenvalue weighted by molar-refractivity contribution is 0.416. The Morgan fingerprint density at radius 3 is 2.31 bits per heavy atom. The highest BCUT2D eigenvalue weighted by molar-refractivity contribution is 9.10. The van der Waals surface area contributed by atoms with Gasteiger partial charge >= 0.3 is 5.63 Å². The van der Waals surface area contributed by atoms with Crippen LogP contribution in [0.1, 0.15) is 0 Å². The first-order valence-electron chi connectivity index (χ1n) is 4.33. The average molecular weight is 287 g/mol. The Balaban J connectivity index is 2.57. The Hall–Kier alpha value is -1.49. The molecule has 2 rings (SSSR count). The van der Waals surface area contributed by atoms with E-state index in [4.69, 9.17) is 0 Å². The van der Waals surface area contributed by atoms with Gasteiger partial charge in [0.25, 0.3) is 0 Å². The van der Waals surface area contributed by atoms with Crippen LogP contribution in [-0.4, -0.2) is 0 Å². The SMILES string of the molecule is O=c1oc(-c2ccc(Br)cc2)cc(F)c1F. The molecule has 0 saturated heterocycles. The first-order chi connectivity index (χ1) is 7.58. The second kappa shape index (κ2) is 4.17. The van der Waals surface area contributed by atoms with Crippen molar-refractivity contribution >= 4 is 15.9 Å². The lowest BCUT2D eigenvalue weighted by atomic mass is 10.1. The van der Waals surface area contributed by atoms with Crippen molar-refractivity contribution < 1.29 is 13.2 Å². The van der Waals surface area contributed by atoms with Gasteiger partial charge in [-0.15, -0.1) is 0 Å². The molecule has 1 heterocycles. The number of benzene rings is 1. The summed E-state index contributed by atoms with van der Waals surface area (Å²) in [5.74, 6) is -2.72. The molecule has 0 saturated carbocycles. The summed E-state index contributed by atoms with van der Waals surface area (Å²) in [6, 6.07) is 7.51. The molecule has 0 radical (unpaired) electrons. The zero-order valence-electron chi connectivity index (χ0n) is 7.84. The normalized spacial score (nSPS) is 10.4. The fourth-order valence-electron chi connectivity index (χ4n) is 1.21.